The van der Waals surface area contributed by atoms with Crippen LogP contribution in [-0.2, 0) is 13.1 Å². The van der Waals surface area contributed by atoms with Gasteiger partial charge in [-0.15, -0.1) is 0 Å². The van der Waals surface area contributed by atoms with Gasteiger partial charge in [-0.3, -0.25) is 4.79 Å². The Hall–Kier alpha value is -2.51. The molecule has 1 fully saturated rings. The minimum absolute atomic E-state index is 0.217. The van der Waals surface area contributed by atoms with E-state index in [1.165, 1.54) is 0 Å². The molecule has 1 aliphatic heterocycles. The Bertz CT molecular complexity index is 822. The molecule has 0 unspecified atom stereocenters. The SMILES string of the molecule is Cc1cc(CN)cc(C)c1CNC(=O)c1nccnc1NCC1CCN(C)CC1. The van der Waals surface area contributed by atoms with Crippen molar-refractivity contribution >= 4 is 11.7 Å². The fourth-order valence-corrected chi connectivity index (χ4v) is 3.87. The van der Waals surface area contributed by atoms with Crippen LogP contribution in [0.2, 0.25) is 0 Å². The van der Waals surface area contributed by atoms with Crippen molar-refractivity contribution in [2.24, 2.45) is 11.7 Å². The fourth-order valence-electron chi connectivity index (χ4n) is 3.87. The minimum Gasteiger partial charge on any atom is -0.368 e. The number of rotatable bonds is 7. The number of carbonyl (C=O) groups is 1. The lowest BCUT2D eigenvalue weighted by Gasteiger charge is -2.29. The zero-order valence-electron chi connectivity index (χ0n) is 17.7. The molecule has 2 heterocycles. The number of amides is 1. The number of anilines is 1. The van der Waals surface area contributed by atoms with E-state index in [9.17, 15) is 4.79 Å². The van der Waals surface area contributed by atoms with Gasteiger partial charge in [-0.05, 0) is 75.0 Å². The van der Waals surface area contributed by atoms with E-state index in [0.29, 0.717) is 30.5 Å². The predicted octanol–water partition coefficient (Wildman–Crippen LogP) is 2.24. The number of carbonyl (C=O) groups excluding carboxylic acids is 1. The van der Waals surface area contributed by atoms with Gasteiger partial charge >= 0.3 is 0 Å². The third-order valence-corrected chi connectivity index (χ3v) is 5.73. The number of aromatic nitrogens is 2. The van der Waals surface area contributed by atoms with Crippen LogP contribution in [0.5, 0.6) is 0 Å². The summed E-state index contributed by atoms with van der Waals surface area (Å²) in [4.78, 5) is 23.8. The highest BCUT2D eigenvalue weighted by molar-refractivity contribution is 5.96. The van der Waals surface area contributed by atoms with Gasteiger partial charge in [-0.25, -0.2) is 9.97 Å². The van der Waals surface area contributed by atoms with Crippen LogP contribution < -0.4 is 16.4 Å². The molecule has 0 spiro atoms. The van der Waals surface area contributed by atoms with E-state index >= 15 is 0 Å². The third-order valence-electron chi connectivity index (χ3n) is 5.73. The Balaban J connectivity index is 1.63. The van der Waals surface area contributed by atoms with Crippen LogP contribution in [0.25, 0.3) is 0 Å². The van der Waals surface area contributed by atoms with Gasteiger partial charge in [0.25, 0.3) is 5.91 Å². The molecule has 1 aliphatic rings. The van der Waals surface area contributed by atoms with Gasteiger partial charge in [-0.1, -0.05) is 12.1 Å². The Kier molecular flexibility index (Phi) is 7.17. The molecule has 1 saturated heterocycles. The molecule has 0 aliphatic carbocycles. The van der Waals surface area contributed by atoms with Gasteiger partial charge < -0.3 is 21.3 Å². The van der Waals surface area contributed by atoms with Gasteiger partial charge in [0.2, 0.25) is 0 Å². The Labute approximate surface area is 173 Å². The summed E-state index contributed by atoms with van der Waals surface area (Å²) in [6.07, 6.45) is 5.49. The smallest absolute Gasteiger partial charge is 0.273 e. The number of nitrogens with zero attached hydrogens (tertiary/aromatic N) is 3. The van der Waals surface area contributed by atoms with Gasteiger partial charge in [0, 0.05) is 32.0 Å². The number of nitrogens with two attached hydrogens (primary N) is 1. The summed E-state index contributed by atoms with van der Waals surface area (Å²) in [5, 5.41) is 6.35. The second kappa shape index (κ2) is 9.80. The first-order valence-corrected chi connectivity index (χ1v) is 10.3. The topological polar surface area (TPSA) is 96.2 Å². The molecule has 2 aromatic rings. The number of aryl methyl sites for hydroxylation is 2. The molecule has 4 N–H and O–H groups in total. The number of benzene rings is 1. The van der Waals surface area contributed by atoms with Crippen molar-refractivity contribution in [3.05, 3.63) is 52.5 Å². The maximum atomic E-state index is 12.8. The summed E-state index contributed by atoms with van der Waals surface area (Å²) < 4.78 is 0. The highest BCUT2D eigenvalue weighted by Gasteiger charge is 2.19. The van der Waals surface area contributed by atoms with Gasteiger partial charge in [-0.2, -0.15) is 0 Å². The van der Waals surface area contributed by atoms with Crippen molar-refractivity contribution in [3.63, 3.8) is 0 Å². The van der Waals surface area contributed by atoms with Gasteiger partial charge in [0.1, 0.15) is 0 Å². The van der Waals surface area contributed by atoms with Crippen LogP contribution in [0.3, 0.4) is 0 Å². The lowest BCUT2D eigenvalue weighted by atomic mass is 9.97. The highest BCUT2D eigenvalue weighted by atomic mass is 16.1. The Morgan fingerprint density at radius 2 is 1.83 bits per heavy atom. The fraction of sp³-hybridized carbons (Fsp3) is 0.500. The van der Waals surface area contributed by atoms with Crippen LogP contribution in [0, 0.1) is 19.8 Å². The van der Waals surface area contributed by atoms with Crippen molar-refractivity contribution in [2.45, 2.75) is 39.8 Å². The first-order chi connectivity index (χ1) is 14.0. The molecule has 0 radical (unpaired) electrons. The number of nitrogens with one attached hydrogen (secondary N) is 2. The summed E-state index contributed by atoms with van der Waals surface area (Å²) in [5.74, 6) is 0.928. The zero-order chi connectivity index (χ0) is 20.8. The molecular weight excluding hydrogens is 364 g/mol. The van der Waals surface area contributed by atoms with Crippen LogP contribution >= 0.6 is 0 Å². The van der Waals surface area contributed by atoms with E-state index in [-0.39, 0.29) is 5.91 Å². The number of likely N-dealkylation sites (tertiary alicyclic amines) is 1. The first kappa shape index (κ1) is 21.2. The van der Waals surface area contributed by atoms with Crippen molar-refractivity contribution in [1.29, 1.82) is 0 Å². The van der Waals surface area contributed by atoms with Crippen LogP contribution in [0.4, 0.5) is 5.82 Å². The summed E-state index contributed by atoms with van der Waals surface area (Å²) in [5.41, 5.74) is 10.6. The summed E-state index contributed by atoms with van der Waals surface area (Å²) in [7, 11) is 2.15. The molecule has 7 heteroatoms. The summed E-state index contributed by atoms with van der Waals surface area (Å²) in [6, 6.07) is 4.15. The third kappa shape index (κ3) is 5.52. The molecule has 1 aromatic heterocycles. The second-order valence-electron chi connectivity index (χ2n) is 7.98. The minimum atomic E-state index is -0.217. The van der Waals surface area contributed by atoms with E-state index in [1.807, 2.05) is 13.8 Å². The van der Waals surface area contributed by atoms with E-state index < -0.39 is 0 Å². The van der Waals surface area contributed by atoms with Gasteiger partial charge in [0.15, 0.2) is 11.5 Å². The van der Waals surface area contributed by atoms with Crippen molar-refractivity contribution in [2.75, 3.05) is 32.0 Å². The maximum Gasteiger partial charge on any atom is 0.273 e. The number of hydrogen-bond donors (Lipinski definition) is 3. The molecule has 0 atom stereocenters. The van der Waals surface area contributed by atoms with Gasteiger partial charge in [0.05, 0.1) is 0 Å². The van der Waals surface area contributed by atoms with Crippen molar-refractivity contribution in [3.8, 4) is 0 Å². The second-order valence-corrected chi connectivity index (χ2v) is 7.98. The monoisotopic (exact) mass is 396 g/mol. The van der Waals surface area contributed by atoms with E-state index in [2.05, 4.69) is 44.7 Å². The Morgan fingerprint density at radius 3 is 2.48 bits per heavy atom. The van der Waals surface area contributed by atoms with E-state index in [1.54, 1.807) is 12.4 Å². The molecular formula is C22H32N6O. The number of piperidine rings is 1. The lowest BCUT2D eigenvalue weighted by Crippen LogP contribution is -2.33. The van der Waals surface area contributed by atoms with Crippen molar-refractivity contribution < 1.29 is 4.79 Å². The maximum absolute atomic E-state index is 12.8. The zero-order valence-corrected chi connectivity index (χ0v) is 17.7. The predicted molar refractivity (Wildman–Crippen MR) is 116 cm³/mol. The number of hydrogen-bond acceptors (Lipinski definition) is 6. The molecule has 156 valence electrons. The molecule has 0 bridgehead atoms. The largest absolute Gasteiger partial charge is 0.368 e. The van der Waals surface area contributed by atoms with Crippen molar-refractivity contribution in [1.82, 2.24) is 20.2 Å². The molecule has 1 amide bonds. The molecule has 7 nitrogen and oxygen atoms in total. The van der Waals surface area contributed by atoms with Crippen LogP contribution in [-0.4, -0.2) is 47.5 Å². The average Bonchev–Trinajstić information content (AvgIpc) is 2.72. The highest BCUT2D eigenvalue weighted by Crippen LogP contribution is 2.19. The normalized spacial score (nSPS) is 15.3. The molecule has 0 saturated carbocycles. The van der Waals surface area contributed by atoms with E-state index in [4.69, 9.17) is 5.73 Å². The molecule has 29 heavy (non-hydrogen) atoms. The standard InChI is InChI=1S/C22H32N6O/c1-15-10-18(12-23)11-16(2)19(15)14-27-22(29)20-21(25-7-6-24-20)26-13-17-4-8-28(3)9-5-17/h6-7,10-11,17H,4-5,8-9,12-14,23H2,1-3H3,(H,25,26)(H,27,29). The van der Waals surface area contributed by atoms with Crippen LogP contribution in [0.15, 0.2) is 24.5 Å². The van der Waals surface area contributed by atoms with Crippen LogP contribution in [0.1, 0.15) is 45.6 Å². The summed E-state index contributed by atoms with van der Waals surface area (Å²) in [6.45, 7) is 8.09. The molecule has 1 aromatic carbocycles. The summed E-state index contributed by atoms with van der Waals surface area (Å²) >= 11 is 0. The Morgan fingerprint density at radius 1 is 1.17 bits per heavy atom. The lowest BCUT2D eigenvalue weighted by molar-refractivity contribution is 0.0946. The quantitative estimate of drug-likeness (QED) is 0.664. The first-order valence-electron chi connectivity index (χ1n) is 10.3. The molecule has 3 rings (SSSR count). The average molecular weight is 397 g/mol. The van der Waals surface area contributed by atoms with E-state index in [0.717, 1.165) is 54.7 Å².